The summed E-state index contributed by atoms with van der Waals surface area (Å²) < 4.78 is 63.9. The lowest BCUT2D eigenvalue weighted by atomic mass is 9.86. The number of allylic oxidation sites excluding steroid dienone is 6. The van der Waals surface area contributed by atoms with Crippen molar-refractivity contribution in [3.8, 4) is 5.75 Å². The number of benzene rings is 1. The molecule has 3 aliphatic heterocycles. The predicted molar refractivity (Wildman–Crippen MR) is 200 cm³/mol. The summed E-state index contributed by atoms with van der Waals surface area (Å²) in [6.45, 7) is 24.9. The monoisotopic (exact) mass is 716 g/mol. The summed E-state index contributed by atoms with van der Waals surface area (Å²) >= 11 is 0. The van der Waals surface area contributed by atoms with Crippen molar-refractivity contribution in [3.63, 3.8) is 0 Å². The number of halogens is 4. The maximum atomic E-state index is 15.7. The van der Waals surface area contributed by atoms with Crippen molar-refractivity contribution in [1.29, 1.82) is 0 Å². The van der Waals surface area contributed by atoms with Crippen LogP contribution in [0.4, 0.5) is 17.6 Å². The molecule has 7 nitrogen and oxygen atoms in total. The SMILES string of the molecule is C=C(/C=C(\C=C/C)C(F)(F)F)CC.C=C(C1CCC2COCCN2C1)N1C=CN=C(N)/C1=C(\c1c(F)cc(C=O)cc1OCC)C(C)CC.CC. The molecule has 0 spiro atoms. The van der Waals surface area contributed by atoms with Gasteiger partial charge in [0.25, 0.3) is 0 Å². The molecule has 2 saturated heterocycles. The Morgan fingerprint density at radius 1 is 1.20 bits per heavy atom. The van der Waals surface area contributed by atoms with E-state index in [0.717, 1.165) is 63.4 Å². The van der Waals surface area contributed by atoms with E-state index in [4.69, 9.17) is 15.2 Å². The first-order chi connectivity index (χ1) is 24.3. The number of fused-ring (bicyclic) bond motifs is 1. The number of hydrogen-bond acceptors (Lipinski definition) is 7. The molecule has 0 bridgehead atoms. The number of carbonyl (C=O) groups excluding carboxylic acids is 1. The molecule has 2 fully saturated rings. The first-order valence-corrected chi connectivity index (χ1v) is 17.9. The van der Waals surface area contributed by atoms with E-state index < -0.39 is 17.6 Å². The molecule has 4 rings (SSSR count). The van der Waals surface area contributed by atoms with E-state index >= 15 is 4.39 Å². The molecule has 3 atom stereocenters. The van der Waals surface area contributed by atoms with Crippen LogP contribution in [0.3, 0.4) is 0 Å². The van der Waals surface area contributed by atoms with Crippen LogP contribution < -0.4 is 10.5 Å². The second kappa shape index (κ2) is 20.8. The molecule has 282 valence electrons. The molecule has 0 saturated carbocycles. The van der Waals surface area contributed by atoms with E-state index in [1.807, 2.05) is 45.7 Å². The van der Waals surface area contributed by atoms with Crippen LogP contribution in [-0.2, 0) is 4.74 Å². The number of aldehydes is 1. The summed E-state index contributed by atoms with van der Waals surface area (Å²) in [5, 5.41) is 0. The van der Waals surface area contributed by atoms with Gasteiger partial charge in [-0.15, -0.1) is 0 Å². The van der Waals surface area contributed by atoms with Crippen molar-refractivity contribution in [3.05, 3.63) is 95.4 Å². The van der Waals surface area contributed by atoms with Gasteiger partial charge in [0.15, 0.2) is 0 Å². The van der Waals surface area contributed by atoms with Crippen LogP contribution >= 0.6 is 0 Å². The van der Waals surface area contributed by atoms with Crippen molar-refractivity contribution < 1.29 is 31.8 Å². The van der Waals surface area contributed by atoms with E-state index in [-0.39, 0.29) is 17.4 Å². The Balaban J connectivity index is 0.000000509. The Kier molecular flexibility index (Phi) is 17.6. The zero-order valence-electron chi connectivity index (χ0n) is 31.3. The summed E-state index contributed by atoms with van der Waals surface area (Å²) in [7, 11) is 0. The fraction of sp³-hybridized carbons (Fsp3) is 0.500. The highest BCUT2D eigenvalue weighted by Gasteiger charge is 2.36. The van der Waals surface area contributed by atoms with Gasteiger partial charge in [-0.2, -0.15) is 13.2 Å². The zero-order valence-corrected chi connectivity index (χ0v) is 31.3. The molecule has 0 aliphatic carbocycles. The van der Waals surface area contributed by atoms with Gasteiger partial charge in [-0.25, -0.2) is 9.38 Å². The molecule has 2 N–H and O–H groups in total. The maximum absolute atomic E-state index is 15.7. The Bertz CT molecular complexity index is 1510. The number of nitrogens with zero attached hydrogens (tertiary/aromatic N) is 3. The molecule has 0 aromatic heterocycles. The number of amidine groups is 1. The molecule has 1 aromatic carbocycles. The smallest absolute Gasteiger partial charge is 0.416 e. The zero-order chi connectivity index (χ0) is 38.3. The van der Waals surface area contributed by atoms with E-state index in [9.17, 15) is 18.0 Å². The number of piperidine rings is 1. The fourth-order valence-corrected chi connectivity index (χ4v) is 6.11. The number of aliphatic imine (C=N–C) groups is 1. The minimum atomic E-state index is -4.29. The van der Waals surface area contributed by atoms with Gasteiger partial charge < -0.3 is 20.1 Å². The molecule has 3 unspecified atom stereocenters. The molecule has 3 heterocycles. The van der Waals surface area contributed by atoms with E-state index in [0.29, 0.717) is 59.3 Å². The van der Waals surface area contributed by atoms with Gasteiger partial charge in [0.1, 0.15) is 23.7 Å². The van der Waals surface area contributed by atoms with Gasteiger partial charge >= 0.3 is 6.18 Å². The molecule has 0 radical (unpaired) electrons. The van der Waals surface area contributed by atoms with E-state index in [2.05, 4.69) is 23.1 Å². The Morgan fingerprint density at radius 3 is 2.49 bits per heavy atom. The Hall–Kier alpha value is -3.96. The van der Waals surface area contributed by atoms with Crippen LogP contribution in [0.5, 0.6) is 5.75 Å². The van der Waals surface area contributed by atoms with Crippen molar-refractivity contribution in [2.75, 3.05) is 32.9 Å². The first-order valence-electron chi connectivity index (χ1n) is 17.9. The predicted octanol–water partition coefficient (Wildman–Crippen LogP) is 9.61. The average Bonchev–Trinajstić information content (AvgIpc) is 3.12. The van der Waals surface area contributed by atoms with Gasteiger partial charge in [-0.05, 0) is 69.2 Å². The first kappa shape index (κ1) is 43.2. The van der Waals surface area contributed by atoms with E-state index in [1.165, 1.54) is 12.1 Å². The van der Waals surface area contributed by atoms with Crippen LogP contribution in [0.1, 0.15) is 90.1 Å². The van der Waals surface area contributed by atoms with Crippen molar-refractivity contribution in [1.82, 2.24) is 9.80 Å². The highest BCUT2D eigenvalue weighted by molar-refractivity contribution is 6.05. The van der Waals surface area contributed by atoms with Crippen LogP contribution in [0, 0.1) is 17.7 Å². The lowest BCUT2D eigenvalue weighted by molar-refractivity contribution is -0.0882. The number of rotatable bonds is 11. The topological polar surface area (TPSA) is 80.4 Å². The highest BCUT2D eigenvalue weighted by atomic mass is 19.4. The third kappa shape index (κ3) is 11.5. The second-order valence-corrected chi connectivity index (χ2v) is 12.3. The molecular formula is C40H56F4N4O3. The van der Waals surface area contributed by atoms with Crippen molar-refractivity contribution in [2.45, 2.75) is 86.4 Å². The van der Waals surface area contributed by atoms with Crippen LogP contribution in [0.25, 0.3) is 5.57 Å². The summed E-state index contributed by atoms with van der Waals surface area (Å²) in [5.74, 6) is 0.255. The highest BCUT2D eigenvalue weighted by Crippen LogP contribution is 2.42. The third-order valence-electron chi connectivity index (χ3n) is 8.98. The summed E-state index contributed by atoms with van der Waals surface area (Å²) in [6.07, 6.45) is 6.64. The van der Waals surface area contributed by atoms with Crippen molar-refractivity contribution in [2.24, 2.45) is 22.6 Å². The molecule has 51 heavy (non-hydrogen) atoms. The van der Waals surface area contributed by atoms with Gasteiger partial charge in [0, 0.05) is 48.7 Å². The van der Waals surface area contributed by atoms with Gasteiger partial charge in [-0.1, -0.05) is 65.5 Å². The number of carbonyl (C=O) groups is 1. The van der Waals surface area contributed by atoms with Crippen LogP contribution in [0.2, 0.25) is 0 Å². The standard InChI is InChI=1S/C28H37FN4O3.C10H13F3.C2H6/c1-5-18(3)25(26-23(29)13-20(16-34)14-24(26)36-6-2)27-28(30)31-9-10-33(27)19(4)21-7-8-22-17-35-12-11-32(22)15-21;1-4-6-9(10(11,12)13)7-8(3)5-2;1-2/h9-10,13-14,16,18,21-22H,4-8,11-12,15,17H2,1-3H3,(H2,30,31);4,6-7H,3,5H2,1-2H3;1-2H3/b27-25+;6-4-,9-7+;. The second-order valence-electron chi connectivity index (χ2n) is 12.3. The number of morpholine rings is 1. The number of ether oxygens (including phenoxy) is 2. The molecule has 0 amide bonds. The minimum Gasteiger partial charge on any atom is -0.493 e. The Labute approximate surface area is 302 Å². The van der Waals surface area contributed by atoms with Crippen molar-refractivity contribution >= 4 is 17.7 Å². The van der Waals surface area contributed by atoms with Gasteiger partial charge in [0.05, 0.1) is 36.7 Å². The summed E-state index contributed by atoms with van der Waals surface area (Å²) in [4.78, 5) is 20.3. The quantitative estimate of drug-likeness (QED) is 0.140. The van der Waals surface area contributed by atoms with Gasteiger partial charge in [0.2, 0.25) is 0 Å². The molecule has 11 heteroatoms. The number of alkyl halides is 3. The maximum Gasteiger partial charge on any atom is 0.416 e. The van der Waals surface area contributed by atoms with E-state index in [1.54, 1.807) is 26.1 Å². The van der Waals surface area contributed by atoms with Crippen LogP contribution in [0.15, 0.2) is 83.5 Å². The molecule has 3 aliphatic rings. The molecule has 1 aromatic rings. The third-order valence-corrected chi connectivity index (χ3v) is 8.98. The summed E-state index contributed by atoms with van der Waals surface area (Å²) in [5.41, 5.74) is 9.11. The Morgan fingerprint density at radius 2 is 1.90 bits per heavy atom. The average molecular weight is 717 g/mol. The number of nitrogens with two attached hydrogens (primary N) is 1. The number of hydrogen-bond donors (Lipinski definition) is 1. The minimum absolute atomic E-state index is 0.0682. The fourth-order valence-electron chi connectivity index (χ4n) is 6.11. The largest absolute Gasteiger partial charge is 0.493 e. The normalized spacial score (nSPS) is 21.0. The van der Waals surface area contributed by atoms with Crippen LogP contribution in [-0.4, -0.2) is 67.0 Å². The lowest BCUT2D eigenvalue weighted by Gasteiger charge is -2.44. The lowest BCUT2D eigenvalue weighted by Crippen LogP contribution is -2.51. The summed E-state index contributed by atoms with van der Waals surface area (Å²) in [6, 6.07) is 3.29. The molecular weight excluding hydrogens is 660 g/mol. The van der Waals surface area contributed by atoms with Gasteiger partial charge in [-0.3, -0.25) is 9.69 Å².